The van der Waals surface area contributed by atoms with Crippen molar-refractivity contribution in [1.29, 1.82) is 0 Å². The van der Waals surface area contributed by atoms with Gasteiger partial charge >= 0.3 is 11.9 Å². The topological polar surface area (TPSA) is 74.6 Å². The van der Waals surface area contributed by atoms with Crippen LogP contribution in [0.5, 0.6) is 0 Å². The number of allylic oxidation sites excluding steroid dienone is 1. The molecule has 2 N–H and O–H groups in total. The molecule has 32 heavy (non-hydrogen) atoms. The van der Waals surface area contributed by atoms with E-state index in [2.05, 4.69) is 45.9 Å². The van der Waals surface area contributed by atoms with Crippen LogP contribution in [0.2, 0.25) is 0 Å². The predicted octanol–water partition coefficient (Wildman–Crippen LogP) is 6.48. The van der Waals surface area contributed by atoms with E-state index in [0.717, 1.165) is 30.9 Å². The Kier molecular flexibility index (Phi) is 6.92. The molecule has 0 aliphatic heterocycles. The van der Waals surface area contributed by atoms with Crippen molar-refractivity contribution in [2.45, 2.75) is 76.5 Å². The van der Waals surface area contributed by atoms with Crippen LogP contribution in [0, 0.1) is 0 Å². The molecule has 2 aromatic rings. The summed E-state index contributed by atoms with van der Waals surface area (Å²) in [5, 5.41) is 18.4. The minimum Gasteiger partial charge on any atom is -0.478 e. The van der Waals surface area contributed by atoms with E-state index in [-0.39, 0.29) is 22.3 Å². The highest BCUT2D eigenvalue weighted by atomic mass is 16.4. The number of aromatic carboxylic acids is 1. The summed E-state index contributed by atoms with van der Waals surface area (Å²) < 4.78 is 0. The molecule has 170 valence electrons. The van der Waals surface area contributed by atoms with E-state index in [9.17, 15) is 14.7 Å². The summed E-state index contributed by atoms with van der Waals surface area (Å²) in [4.78, 5) is 22.4. The molecule has 0 heterocycles. The minimum atomic E-state index is -0.996. The third-order valence-electron chi connectivity index (χ3n) is 6.93. The van der Waals surface area contributed by atoms with E-state index in [4.69, 9.17) is 5.11 Å². The number of carboxylic acid groups (broad SMARTS) is 2. The number of fused-ring (bicyclic) bond motifs is 1. The van der Waals surface area contributed by atoms with Gasteiger partial charge in [0.1, 0.15) is 0 Å². The highest BCUT2D eigenvalue weighted by molar-refractivity contribution is 5.87. The van der Waals surface area contributed by atoms with Crippen molar-refractivity contribution in [2.24, 2.45) is 0 Å². The maximum absolute atomic E-state index is 11.3. The number of benzene rings is 2. The first-order chi connectivity index (χ1) is 15.0. The summed E-state index contributed by atoms with van der Waals surface area (Å²) in [5.41, 5.74) is 5.62. The molecule has 0 amide bonds. The van der Waals surface area contributed by atoms with Crippen molar-refractivity contribution < 1.29 is 19.8 Å². The monoisotopic (exact) mass is 434 g/mol. The predicted molar refractivity (Wildman–Crippen MR) is 128 cm³/mol. The van der Waals surface area contributed by atoms with E-state index < -0.39 is 11.9 Å². The molecule has 0 spiro atoms. The van der Waals surface area contributed by atoms with Gasteiger partial charge in [0.05, 0.1) is 5.56 Å². The van der Waals surface area contributed by atoms with Crippen LogP contribution in [0.4, 0.5) is 0 Å². The van der Waals surface area contributed by atoms with Gasteiger partial charge in [-0.1, -0.05) is 64.1 Å². The molecule has 1 unspecified atom stereocenters. The summed E-state index contributed by atoms with van der Waals surface area (Å²) in [6.45, 7) is 9.30. The Bertz CT molecular complexity index is 1030. The first-order valence-electron chi connectivity index (χ1n) is 11.4. The van der Waals surface area contributed by atoms with Crippen LogP contribution in [0.1, 0.15) is 91.9 Å². The SMILES string of the molecule is CC1(C)CCC(C)(C)c2cc(CCCC(/C=C/C(=O)O)c3cccc(C(=O)O)c3)ccc21. The zero-order valence-corrected chi connectivity index (χ0v) is 19.5. The number of hydrogen-bond acceptors (Lipinski definition) is 2. The van der Waals surface area contributed by atoms with Gasteiger partial charge in [-0.25, -0.2) is 9.59 Å². The fraction of sp³-hybridized carbons (Fsp3) is 0.429. The van der Waals surface area contributed by atoms with Crippen LogP contribution in [0.25, 0.3) is 0 Å². The highest BCUT2D eigenvalue weighted by Gasteiger charge is 2.36. The largest absolute Gasteiger partial charge is 0.478 e. The van der Waals surface area contributed by atoms with Gasteiger partial charge in [-0.15, -0.1) is 0 Å². The lowest BCUT2D eigenvalue weighted by atomic mass is 9.63. The lowest BCUT2D eigenvalue weighted by Gasteiger charge is -2.42. The van der Waals surface area contributed by atoms with Crippen molar-refractivity contribution in [3.63, 3.8) is 0 Å². The Morgan fingerprint density at radius 2 is 1.66 bits per heavy atom. The van der Waals surface area contributed by atoms with Gasteiger partial charge in [-0.2, -0.15) is 0 Å². The molecule has 1 aliphatic rings. The number of aryl methyl sites for hydroxylation is 1. The average molecular weight is 435 g/mol. The average Bonchev–Trinajstić information content (AvgIpc) is 2.74. The van der Waals surface area contributed by atoms with Gasteiger partial charge in [0.15, 0.2) is 0 Å². The maximum Gasteiger partial charge on any atom is 0.335 e. The minimum absolute atomic E-state index is 0.140. The number of rotatable bonds is 8. The molecule has 0 saturated carbocycles. The Hall–Kier alpha value is -2.88. The molecule has 0 bridgehead atoms. The summed E-state index contributed by atoms with van der Waals surface area (Å²) in [6, 6.07) is 13.7. The molecule has 0 radical (unpaired) electrons. The Morgan fingerprint density at radius 1 is 0.969 bits per heavy atom. The fourth-order valence-corrected chi connectivity index (χ4v) is 4.79. The van der Waals surface area contributed by atoms with Crippen molar-refractivity contribution in [1.82, 2.24) is 0 Å². The van der Waals surface area contributed by atoms with Crippen LogP contribution >= 0.6 is 0 Å². The summed E-state index contributed by atoms with van der Waals surface area (Å²) >= 11 is 0. The van der Waals surface area contributed by atoms with E-state index in [1.165, 1.54) is 29.5 Å². The lowest BCUT2D eigenvalue weighted by molar-refractivity contribution is -0.131. The van der Waals surface area contributed by atoms with Crippen LogP contribution < -0.4 is 0 Å². The molecular formula is C28H34O4. The van der Waals surface area contributed by atoms with E-state index in [0.29, 0.717) is 0 Å². The molecule has 0 aromatic heterocycles. The number of aliphatic carboxylic acids is 1. The second-order valence-electron chi connectivity index (χ2n) is 10.3. The molecule has 0 fully saturated rings. The van der Waals surface area contributed by atoms with Crippen molar-refractivity contribution in [3.8, 4) is 0 Å². The van der Waals surface area contributed by atoms with Crippen LogP contribution in [0.3, 0.4) is 0 Å². The number of carbonyl (C=O) groups is 2. The first-order valence-corrected chi connectivity index (χ1v) is 11.4. The smallest absolute Gasteiger partial charge is 0.335 e. The van der Waals surface area contributed by atoms with Crippen LogP contribution in [-0.2, 0) is 22.0 Å². The van der Waals surface area contributed by atoms with Crippen molar-refractivity contribution >= 4 is 11.9 Å². The van der Waals surface area contributed by atoms with Gasteiger partial charge in [0.25, 0.3) is 0 Å². The quantitative estimate of drug-likeness (QED) is 0.466. The van der Waals surface area contributed by atoms with Gasteiger partial charge in [-0.05, 0) is 77.3 Å². The zero-order valence-electron chi connectivity index (χ0n) is 19.5. The molecule has 1 atom stereocenters. The molecule has 4 heteroatoms. The number of hydrogen-bond donors (Lipinski definition) is 2. The van der Waals surface area contributed by atoms with E-state index in [1.807, 2.05) is 6.07 Å². The van der Waals surface area contributed by atoms with Gasteiger partial charge in [0, 0.05) is 12.0 Å². The molecule has 4 nitrogen and oxygen atoms in total. The van der Waals surface area contributed by atoms with Crippen LogP contribution in [0.15, 0.2) is 54.6 Å². The second-order valence-corrected chi connectivity index (χ2v) is 10.3. The van der Waals surface area contributed by atoms with Gasteiger partial charge in [-0.3, -0.25) is 0 Å². The summed E-state index contributed by atoms with van der Waals surface area (Å²) in [7, 11) is 0. The Labute approximate surface area is 191 Å². The number of carboxylic acids is 2. The summed E-state index contributed by atoms with van der Waals surface area (Å²) in [6.07, 6.45) is 7.73. The summed E-state index contributed by atoms with van der Waals surface area (Å²) in [5.74, 6) is -2.12. The highest BCUT2D eigenvalue weighted by Crippen LogP contribution is 2.46. The standard InChI is InChI=1S/C28H34O4/c1-27(2)15-16-28(3,4)24-17-19(11-13-23(24)27)7-5-8-20(12-14-25(29)30)21-9-6-10-22(18-21)26(31)32/h6,9-14,17-18,20H,5,7-8,15-16H2,1-4H3,(H,29,30)(H,31,32)/b14-12+. The normalized spacial score (nSPS) is 17.6. The lowest BCUT2D eigenvalue weighted by Crippen LogP contribution is -2.33. The van der Waals surface area contributed by atoms with Gasteiger partial charge in [0.2, 0.25) is 0 Å². The van der Waals surface area contributed by atoms with E-state index in [1.54, 1.807) is 24.3 Å². The third kappa shape index (κ3) is 5.48. The van der Waals surface area contributed by atoms with Gasteiger partial charge < -0.3 is 10.2 Å². The Balaban J connectivity index is 1.77. The molecule has 2 aromatic carbocycles. The Morgan fingerprint density at radius 3 is 2.31 bits per heavy atom. The molecular weight excluding hydrogens is 400 g/mol. The molecule has 0 saturated heterocycles. The van der Waals surface area contributed by atoms with Crippen LogP contribution in [-0.4, -0.2) is 22.2 Å². The zero-order chi connectivity index (χ0) is 23.5. The van der Waals surface area contributed by atoms with Crippen molar-refractivity contribution in [3.05, 3.63) is 82.4 Å². The first kappa shape index (κ1) is 23.8. The maximum atomic E-state index is 11.3. The second kappa shape index (κ2) is 9.32. The molecule has 1 aliphatic carbocycles. The molecule has 3 rings (SSSR count). The fourth-order valence-electron chi connectivity index (χ4n) is 4.79. The van der Waals surface area contributed by atoms with E-state index >= 15 is 0 Å². The third-order valence-corrected chi connectivity index (χ3v) is 6.93. The van der Waals surface area contributed by atoms with Crippen molar-refractivity contribution in [2.75, 3.05) is 0 Å².